The molecule has 18 heavy (non-hydrogen) atoms. The van der Waals surface area contributed by atoms with E-state index in [2.05, 4.69) is 12.6 Å². The van der Waals surface area contributed by atoms with Crippen LogP contribution in [0.3, 0.4) is 0 Å². The van der Waals surface area contributed by atoms with E-state index in [1.165, 1.54) is 0 Å². The van der Waals surface area contributed by atoms with Crippen LogP contribution in [0.2, 0.25) is 0 Å². The van der Waals surface area contributed by atoms with E-state index in [9.17, 15) is 17.6 Å². The van der Waals surface area contributed by atoms with Crippen LogP contribution in [0, 0.1) is 29.2 Å². The van der Waals surface area contributed by atoms with Gasteiger partial charge in [0.1, 0.15) is 0 Å². The van der Waals surface area contributed by atoms with Crippen LogP contribution < -0.4 is 4.74 Å². The van der Waals surface area contributed by atoms with Crippen molar-refractivity contribution in [1.82, 2.24) is 0 Å². The van der Waals surface area contributed by atoms with Crippen molar-refractivity contribution in [1.29, 1.82) is 0 Å². The van der Waals surface area contributed by atoms with Gasteiger partial charge in [-0.1, -0.05) is 13.3 Å². The summed E-state index contributed by atoms with van der Waals surface area (Å²) in [6.07, 6.45) is 1.61. The summed E-state index contributed by atoms with van der Waals surface area (Å²) in [5.41, 5.74) is 0. The molecule has 1 atom stereocenters. The minimum Gasteiger partial charge on any atom is -0.487 e. The fraction of sp³-hybridized carbons (Fsp3) is 0.500. The van der Waals surface area contributed by atoms with Crippen LogP contribution in [0.15, 0.2) is 6.07 Å². The van der Waals surface area contributed by atoms with E-state index in [0.717, 1.165) is 12.8 Å². The van der Waals surface area contributed by atoms with Gasteiger partial charge in [0.25, 0.3) is 0 Å². The van der Waals surface area contributed by atoms with Crippen LogP contribution in [-0.4, -0.2) is 12.4 Å². The maximum absolute atomic E-state index is 13.3. The molecular weight excluding hydrogens is 268 g/mol. The lowest BCUT2D eigenvalue weighted by Crippen LogP contribution is -2.15. The van der Waals surface area contributed by atoms with Gasteiger partial charge in [-0.05, 0) is 12.2 Å². The first-order valence-electron chi connectivity index (χ1n) is 5.57. The van der Waals surface area contributed by atoms with Crippen molar-refractivity contribution in [3.8, 4) is 5.75 Å². The first-order valence-corrected chi connectivity index (χ1v) is 6.21. The summed E-state index contributed by atoms with van der Waals surface area (Å²) >= 11 is 4.07. The van der Waals surface area contributed by atoms with Crippen molar-refractivity contribution in [3.63, 3.8) is 0 Å². The molecule has 0 N–H and O–H groups in total. The van der Waals surface area contributed by atoms with E-state index in [4.69, 9.17) is 4.74 Å². The molecular formula is C12H14F4OS. The van der Waals surface area contributed by atoms with Crippen LogP contribution in [-0.2, 0) is 0 Å². The van der Waals surface area contributed by atoms with Gasteiger partial charge in [-0.15, -0.1) is 0 Å². The molecule has 102 valence electrons. The monoisotopic (exact) mass is 282 g/mol. The van der Waals surface area contributed by atoms with Gasteiger partial charge in [0.15, 0.2) is 17.4 Å². The van der Waals surface area contributed by atoms with Crippen LogP contribution in [0.25, 0.3) is 0 Å². The van der Waals surface area contributed by atoms with Crippen molar-refractivity contribution < 1.29 is 22.3 Å². The Morgan fingerprint density at radius 3 is 2.17 bits per heavy atom. The SMILES string of the molecule is CCCC(CS)COc1c(F)c(F)cc(F)c1F. The molecule has 1 nitrogen and oxygen atoms in total. The van der Waals surface area contributed by atoms with Crippen molar-refractivity contribution >= 4 is 12.6 Å². The molecule has 6 heteroatoms. The molecule has 1 aromatic rings. The first-order chi connectivity index (χ1) is 8.51. The zero-order valence-electron chi connectivity index (χ0n) is 9.85. The Balaban J connectivity index is 2.84. The number of halogens is 4. The van der Waals surface area contributed by atoms with Crippen LogP contribution in [0.5, 0.6) is 5.75 Å². The summed E-state index contributed by atoms with van der Waals surface area (Å²) in [5, 5.41) is 0. The fourth-order valence-electron chi connectivity index (χ4n) is 1.51. The maximum atomic E-state index is 13.3. The van der Waals surface area contributed by atoms with Gasteiger partial charge in [-0.3, -0.25) is 0 Å². The highest BCUT2D eigenvalue weighted by atomic mass is 32.1. The zero-order valence-corrected chi connectivity index (χ0v) is 10.7. The van der Waals surface area contributed by atoms with Gasteiger partial charge in [-0.25, -0.2) is 8.78 Å². The van der Waals surface area contributed by atoms with Crippen molar-refractivity contribution in [3.05, 3.63) is 29.3 Å². The lowest BCUT2D eigenvalue weighted by molar-refractivity contribution is 0.226. The van der Waals surface area contributed by atoms with Crippen LogP contribution in [0.4, 0.5) is 17.6 Å². The average Bonchev–Trinajstić information content (AvgIpc) is 2.35. The average molecular weight is 282 g/mol. The molecule has 0 saturated carbocycles. The minimum absolute atomic E-state index is 0.0246. The van der Waals surface area contributed by atoms with Crippen molar-refractivity contribution in [2.45, 2.75) is 19.8 Å². The highest BCUT2D eigenvalue weighted by Crippen LogP contribution is 2.27. The van der Waals surface area contributed by atoms with E-state index >= 15 is 0 Å². The van der Waals surface area contributed by atoms with Gasteiger partial charge in [-0.2, -0.15) is 21.4 Å². The maximum Gasteiger partial charge on any atom is 0.203 e. The van der Waals surface area contributed by atoms with E-state index < -0.39 is 29.0 Å². The molecule has 0 aliphatic carbocycles. The van der Waals surface area contributed by atoms with Gasteiger partial charge in [0.2, 0.25) is 11.6 Å². The van der Waals surface area contributed by atoms with Gasteiger partial charge < -0.3 is 4.74 Å². The Bertz CT molecular complexity index is 385. The summed E-state index contributed by atoms with van der Waals surface area (Å²) in [5.74, 6) is -6.52. The Morgan fingerprint density at radius 2 is 1.72 bits per heavy atom. The van der Waals surface area contributed by atoms with Crippen LogP contribution >= 0.6 is 12.6 Å². The molecule has 0 amide bonds. The number of benzene rings is 1. The molecule has 0 aromatic heterocycles. The number of thiol groups is 1. The van der Waals surface area contributed by atoms with E-state index in [-0.39, 0.29) is 18.6 Å². The zero-order chi connectivity index (χ0) is 13.7. The predicted molar refractivity (Wildman–Crippen MR) is 64.0 cm³/mol. The third-order valence-electron chi connectivity index (χ3n) is 2.49. The Hall–Kier alpha value is -0.910. The molecule has 0 radical (unpaired) electrons. The summed E-state index contributed by atoms with van der Waals surface area (Å²) in [7, 11) is 0. The van der Waals surface area contributed by atoms with Crippen molar-refractivity contribution in [2.75, 3.05) is 12.4 Å². The van der Waals surface area contributed by atoms with Crippen LogP contribution in [0.1, 0.15) is 19.8 Å². The lowest BCUT2D eigenvalue weighted by Gasteiger charge is -2.15. The number of hydrogen-bond donors (Lipinski definition) is 1. The highest BCUT2D eigenvalue weighted by Gasteiger charge is 2.21. The molecule has 0 spiro atoms. The van der Waals surface area contributed by atoms with E-state index in [1.807, 2.05) is 6.92 Å². The largest absolute Gasteiger partial charge is 0.487 e. The van der Waals surface area contributed by atoms with Crippen molar-refractivity contribution in [2.24, 2.45) is 5.92 Å². The molecule has 1 aromatic carbocycles. The molecule has 0 aliphatic heterocycles. The molecule has 0 aliphatic rings. The predicted octanol–water partition coefficient (Wildman–Crippen LogP) is 3.97. The highest BCUT2D eigenvalue weighted by molar-refractivity contribution is 7.80. The van der Waals surface area contributed by atoms with Gasteiger partial charge >= 0.3 is 0 Å². The topological polar surface area (TPSA) is 9.23 Å². The molecule has 0 bridgehead atoms. The van der Waals surface area contributed by atoms with E-state index in [0.29, 0.717) is 5.75 Å². The molecule has 1 rings (SSSR count). The third-order valence-corrected chi connectivity index (χ3v) is 3.01. The molecule has 0 heterocycles. The quantitative estimate of drug-likeness (QED) is 0.472. The Morgan fingerprint density at radius 1 is 1.17 bits per heavy atom. The second-order valence-electron chi connectivity index (χ2n) is 3.95. The summed E-state index contributed by atoms with van der Waals surface area (Å²) in [6, 6.07) is 0.152. The second kappa shape index (κ2) is 6.87. The first kappa shape index (κ1) is 15.1. The number of hydrogen-bond acceptors (Lipinski definition) is 2. The lowest BCUT2D eigenvalue weighted by atomic mass is 10.1. The molecule has 0 saturated heterocycles. The minimum atomic E-state index is -1.51. The Kier molecular flexibility index (Phi) is 5.78. The standard InChI is InChI=1S/C12H14F4OS/c1-2-3-7(6-18)5-17-12-10(15)8(13)4-9(14)11(12)16/h4,7,18H,2-3,5-6H2,1H3. The third kappa shape index (κ3) is 3.54. The van der Waals surface area contributed by atoms with E-state index in [1.54, 1.807) is 0 Å². The molecule has 0 fully saturated rings. The summed E-state index contributed by atoms with van der Waals surface area (Å²) in [6.45, 7) is 1.91. The summed E-state index contributed by atoms with van der Waals surface area (Å²) < 4.78 is 57.2. The Labute approximate surface area is 109 Å². The summed E-state index contributed by atoms with van der Waals surface area (Å²) in [4.78, 5) is 0. The smallest absolute Gasteiger partial charge is 0.203 e. The fourth-order valence-corrected chi connectivity index (χ4v) is 1.80. The second-order valence-corrected chi connectivity index (χ2v) is 4.31. The normalized spacial score (nSPS) is 12.6. The van der Waals surface area contributed by atoms with Gasteiger partial charge in [0, 0.05) is 12.0 Å². The number of rotatable bonds is 6. The number of ether oxygens (including phenoxy) is 1. The molecule has 1 unspecified atom stereocenters. The van der Waals surface area contributed by atoms with Gasteiger partial charge in [0.05, 0.1) is 6.61 Å².